The Bertz CT molecular complexity index is 662. The molecule has 6 heteroatoms. The summed E-state index contributed by atoms with van der Waals surface area (Å²) in [5.41, 5.74) is 1.07. The number of anilines is 1. The van der Waals surface area contributed by atoms with Crippen molar-refractivity contribution in [3.8, 4) is 0 Å². The number of carbonyl (C=O) groups is 1. The number of amides is 1. The van der Waals surface area contributed by atoms with E-state index in [1.54, 1.807) is 12.1 Å². The Kier molecular flexibility index (Phi) is 5.77. The van der Waals surface area contributed by atoms with E-state index in [1.165, 1.54) is 18.2 Å². The quantitative estimate of drug-likeness (QED) is 0.845. The van der Waals surface area contributed by atoms with Crippen LogP contribution in [0.3, 0.4) is 0 Å². The number of hydrogen-bond acceptors (Lipinski definition) is 2. The molecule has 2 aromatic rings. The first kappa shape index (κ1) is 16.7. The van der Waals surface area contributed by atoms with Gasteiger partial charge in [-0.25, -0.2) is 4.39 Å². The van der Waals surface area contributed by atoms with Crippen LogP contribution in [0.1, 0.15) is 18.5 Å². The van der Waals surface area contributed by atoms with Crippen LogP contribution >= 0.6 is 23.2 Å². The molecule has 116 valence electrons. The van der Waals surface area contributed by atoms with E-state index in [0.29, 0.717) is 10.0 Å². The smallest absolute Gasteiger partial charge is 0.238 e. The van der Waals surface area contributed by atoms with Gasteiger partial charge in [0.1, 0.15) is 5.82 Å². The van der Waals surface area contributed by atoms with Crippen LogP contribution < -0.4 is 10.6 Å². The second kappa shape index (κ2) is 7.58. The lowest BCUT2D eigenvalue weighted by molar-refractivity contribution is -0.115. The molecule has 0 aromatic heterocycles. The maximum Gasteiger partial charge on any atom is 0.238 e. The molecule has 2 aromatic carbocycles. The van der Waals surface area contributed by atoms with Crippen molar-refractivity contribution in [2.24, 2.45) is 0 Å². The summed E-state index contributed by atoms with van der Waals surface area (Å²) in [7, 11) is 0. The van der Waals surface area contributed by atoms with Gasteiger partial charge in [0, 0.05) is 16.1 Å². The number of benzene rings is 2. The lowest BCUT2D eigenvalue weighted by Gasteiger charge is -2.14. The van der Waals surface area contributed by atoms with E-state index in [0.717, 1.165) is 5.56 Å². The topological polar surface area (TPSA) is 41.1 Å². The molecule has 0 aliphatic rings. The van der Waals surface area contributed by atoms with Gasteiger partial charge in [0.05, 0.1) is 12.2 Å². The van der Waals surface area contributed by atoms with E-state index in [2.05, 4.69) is 10.6 Å². The van der Waals surface area contributed by atoms with Gasteiger partial charge in [-0.3, -0.25) is 4.79 Å². The Morgan fingerprint density at radius 3 is 2.45 bits per heavy atom. The summed E-state index contributed by atoms with van der Waals surface area (Å²) < 4.78 is 13.5. The second-order valence-corrected chi connectivity index (χ2v) is 5.70. The lowest BCUT2D eigenvalue weighted by atomic mass is 10.1. The zero-order valence-corrected chi connectivity index (χ0v) is 13.4. The summed E-state index contributed by atoms with van der Waals surface area (Å²) >= 11 is 11.6. The average Bonchev–Trinajstić information content (AvgIpc) is 2.49. The molecule has 0 saturated carbocycles. The van der Waals surface area contributed by atoms with Crippen molar-refractivity contribution >= 4 is 34.8 Å². The highest BCUT2D eigenvalue weighted by Gasteiger charge is 2.10. The van der Waals surface area contributed by atoms with Crippen LogP contribution in [0.2, 0.25) is 10.0 Å². The summed E-state index contributed by atoms with van der Waals surface area (Å²) in [5.74, 6) is -0.870. The van der Waals surface area contributed by atoms with E-state index in [-0.39, 0.29) is 24.2 Å². The predicted molar refractivity (Wildman–Crippen MR) is 87.9 cm³/mol. The SMILES string of the molecule is C[C@@H](NCC(=O)Nc1cc(Cl)ccc1F)c1ccc(Cl)cc1. The first-order valence-corrected chi connectivity index (χ1v) is 7.45. The standard InChI is InChI=1S/C16H15Cl2FN2O/c1-10(11-2-4-12(17)5-3-11)20-9-16(22)21-15-8-13(18)6-7-14(15)19/h2-8,10,20H,9H2,1H3,(H,21,22)/t10-/m1/s1. The molecule has 2 rings (SSSR count). The third kappa shape index (κ3) is 4.70. The summed E-state index contributed by atoms with van der Waals surface area (Å²) in [6.45, 7) is 1.98. The van der Waals surface area contributed by atoms with Crippen molar-refractivity contribution in [3.05, 3.63) is 63.9 Å². The van der Waals surface area contributed by atoms with Crippen LogP contribution in [-0.4, -0.2) is 12.5 Å². The summed E-state index contributed by atoms with van der Waals surface area (Å²) in [5, 5.41) is 6.56. The highest BCUT2D eigenvalue weighted by molar-refractivity contribution is 6.31. The zero-order valence-electron chi connectivity index (χ0n) is 11.9. The summed E-state index contributed by atoms with van der Waals surface area (Å²) in [6, 6.07) is 11.3. The van der Waals surface area contributed by atoms with Crippen molar-refractivity contribution in [3.63, 3.8) is 0 Å². The molecular weight excluding hydrogens is 326 g/mol. The number of nitrogens with one attached hydrogen (secondary N) is 2. The first-order chi connectivity index (χ1) is 10.5. The summed E-state index contributed by atoms with van der Waals surface area (Å²) in [4.78, 5) is 11.9. The Morgan fingerprint density at radius 2 is 1.77 bits per heavy atom. The van der Waals surface area contributed by atoms with Crippen molar-refractivity contribution in [1.82, 2.24) is 5.32 Å². The Labute approximate surface area is 138 Å². The fraction of sp³-hybridized carbons (Fsp3) is 0.188. The van der Waals surface area contributed by atoms with Crippen molar-refractivity contribution in [2.45, 2.75) is 13.0 Å². The van der Waals surface area contributed by atoms with Crippen LogP contribution in [0.5, 0.6) is 0 Å². The van der Waals surface area contributed by atoms with E-state index >= 15 is 0 Å². The zero-order chi connectivity index (χ0) is 16.1. The highest BCUT2D eigenvalue weighted by atomic mass is 35.5. The Morgan fingerprint density at radius 1 is 1.14 bits per heavy atom. The molecule has 0 aliphatic heterocycles. The number of rotatable bonds is 5. The van der Waals surface area contributed by atoms with Crippen LogP contribution in [-0.2, 0) is 4.79 Å². The van der Waals surface area contributed by atoms with Gasteiger partial charge in [-0.15, -0.1) is 0 Å². The molecule has 22 heavy (non-hydrogen) atoms. The van der Waals surface area contributed by atoms with Crippen molar-refractivity contribution in [1.29, 1.82) is 0 Å². The molecule has 0 aliphatic carbocycles. The van der Waals surface area contributed by atoms with Gasteiger partial charge < -0.3 is 10.6 Å². The van der Waals surface area contributed by atoms with Gasteiger partial charge in [0.25, 0.3) is 0 Å². The summed E-state index contributed by atoms with van der Waals surface area (Å²) in [6.07, 6.45) is 0. The lowest BCUT2D eigenvalue weighted by Crippen LogP contribution is -2.30. The molecule has 1 atom stereocenters. The molecule has 0 unspecified atom stereocenters. The highest BCUT2D eigenvalue weighted by Crippen LogP contribution is 2.19. The molecule has 0 heterocycles. The first-order valence-electron chi connectivity index (χ1n) is 6.69. The normalized spacial score (nSPS) is 12.0. The predicted octanol–water partition coefficient (Wildman–Crippen LogP) is 4.42. The largest absolute Gasteiger partial charge is 0.322 e. The molecule has 0 spiro atoms. The fourth-order valence-corrected chi connectivity index (χ4v) is 2.20. The second-order valence-electron chi connectivity index (χ2n) is 4.83. The molecule has 0 saturated heterocycles. The van der Waals surface area contributed by atoms with E-state index in [4.69, 9.17) is 23.2 Å². The molecule has 2 N–H and O–H groups in total. The molecule has 0 bridgehead atoms. The van der Waals surface area contributed by atoms with Gasteiger partial charge in [0.2, 0.25) is 5.91 Å². The van der Waals surface area contributed by atoms with E-state index in [1.807, 2.05) is 19.1 Å². The average molecular weight is 341 g/mol. The van der Waals surface area contributed by atoms with Gasteiger partial charge >= 0.3 is 0 Å². The minimum absolute atomic E-state index is 0.0350. The van der Waals surface area contributed by atoms with Crippen LogP contribution in [0, 0.1) is 5.82 Å². The van der Waals surface area contributed by atoms with E-state index in [9.17, 15) is 9.18 Å². The van der Waals surface area contributed by atoms with Crippen molar-refractivity contribution in [2.75, 3.05) is 11.9 Å². The maximum atomic E-state index is 13.5. The van der Waals surface area contributed by atoms with Crippen molar-refractivity contribution < 1.29 is 9.18 Å². The molecule has 3 nitrogen and oxygen atoms in total. The molecule has 0 radical (unpaired) electrons. The van der Waals surface area contributed by atoms with Crippen LogP contribution in [0.25, 0.3) is 0 Å². The number of carbonyl (C=O) groups excluding carboxylic acids is 1. The Balaban J connectivity index is 1.89. The third-order valence-corrected chi connectivity index (χ3v) is 3.63. The van der Waals surface area contributed by atoms with Crippen LogP contribution in [0.4, 0.5) is 10.1 Å². The van der Waals surface area contributed by atoms with Gasteiger partial charge in [-0.2, -0.15) is 0 Å². The molecule has 0 fully saturated rings. The third-order valence-electron chi connectivity index (χ3n) is 3.14. The minimum Gasteiger partial charge on any atom is -0.322 e. The van der Waals surface area contributed by atoms with E-state index < -0.39 is 5.82 Å². The number of halogens is 3. The minimum atomic E-state index is -0.525. The monoisotopic (exact) mass is 340 g/mol. The Hall–Kier alpha value is -1.62. The van der Waals surface area contributed by atoms with Crippen LogP contribution in [0.15, 0.2) is 42.5 Å². The number of hydrogen-bond donors (Lipinski definition) is 2. The fourth-order valence-electron chi connectivity index (χ4n) is 1.90. The van der Waals surface area contributed by atoms with Gasteiger partial charge in [0.15, 0.2) is 0 Å². The molecule has 1 amide bonds. The molecular formula is C16H15Cl2FN2O. The van der Waals surface area contributed by atoms with Gasteiger partial charge in [-0.1, -0.05) is 35.3 Å². The maximum absolute atomic E-state index is 13.5. The van der Waals surface area contributed by atoms with Gasteiger partial charge in [-0.05, 0) is 42.8 Å².